The van der Waals surface area contributed by atoms with Gasteiger partial charge in [-0.3, -0.25) is 9.59 Å². The number of rotatable bonds is 5. The fourth-order valence-electron chi connectivity index (χ4n) is 6.45. The van der Waals surface area contributed by atoms with Crippen molar-refractivity contribution >= 4 is 29.3 Å². The zero-order valence-electron chi connectivity index (χ0n) is 25.9. The van der Waals surface area contributed by atoms with Gasteiger partial charge in [-0.25, -0.2) is 4.79 Å². The van der Waals surface area contributed by atoms with Gasteiger partial charge in [-0.1, -0.05) is 26.0 Å². The first-order valence-corrected chi connectivity index (χ1v) is 14.8. The molecule has 8 heteroatoms. The summed E-state index contributed by atoms with van der Waals surface area (Å²) in [5, 5.41) is 2.68. The number of fused-ring (bicyclic) bond motifs is 1. The lowest BCUT2D eigenvalue weighted by atomic mass is 9.70. The molecule has 0 saturated carbocycles. The van der Waals surface area contributed by atoms with Gasteiger partial charge in [-0.2, -0.15) is 0 Å². The second kappa shape index (κ2) is 12.1. The summed E-state index contributed by atoms with van der Waals surface area (Å²) in [5.74, 6) is 0.783. The fourth-order valence-corrected chi connectivity index (χ4v) is 6.45. The van der Waals surface area contributed by atoms with E-state index in [1.807, 2.05) is 49.9 Å². The summed E-state index contributed by atoms with van der Waals surface area (Å²) in [6.45, 7) is 16.6. The van der Waals surface area contributed by atoms with Crippen molar-refractivity contribution in [3.05, 3.63) is 59.2 Å². The van der Waals surface area contributed by atoms with E-state index in [0.29, 0.717) is 24.6 Å². The van der Waals surface area contributed by atoms with Crippen LogP contribution in [0.25, 0.3) is 0 Å². The first-order chi connectivity index (χ1) is 19.3. The number of hydrogen-bond donors (Lipinski definition) is 1. The second-order valence-electron chi connectivity index (χ2n) is 12.7. The molecule has 2 aliphatic heterocycles. The van der Waals surface area contributed by atoms with Crippen LogP contribution in [0.2, 0.25) is 0 Å². The lowest BCUT2D eigenvalue weighted by Gasteiger charge is -2.46. The molecular formula is C33H46N4O4. The van der Waals surface area contributed by atoms with E-state index in [-0.39, 0.29) is 35.8 Å². The quantitative estimate of drug-likeness (QED) is 0.524. The van der Waals surface area contributed by atoms with Gasteiger partial charge in [0.25, 0.3) is 5.91 Å². The van der Waals surface area contributed by atoms with E-state index in [4.69, 9.17) is 4.74 Å². The zero-order chi connectivity index (χ0) is 30.1. The maximum absolute atomic E-state index is 12.8. The lowest BCUT2D eigenvalue weighted by molar-refractivity contribution is -0.117. The SMILES string of the molecule is CNC(=O)c1ccc(CC(C)C2c3cc(N4CCN(C(=O)OC(C)(C)C)CC4)ccc3N(C(C)=O)C(C)C2C)cc1. The highest BCUT2D eigenvalue weighted by atomic mass is 16.6. The Morgan fingerprint density at radius 2 is 1.63 bits per heavy atom. The summed E-state index contributed by atoms with van der Waals surface area (Å²) < 4.78 is 5.57. The number of carbonyl (C=O) groups is 3. The molecule has 4 rings (SSSR count). The maximum atomic E-state index is 12.8. The van der Waals surface area contributed by atoms with Crippen molar-refractivity contribution in [2.45, 2.75) is 72.4 Å². The number of anilines is 2. The Hall–Kier alpha value is -3.55. The predicted molar refractivity (Wildman–Crippen MR) is 164 cm³/mol. The Bertz CT molecular complexity index is 1260. The molecule has 0 bridgehead atoms. The molecule has 0 aromatic heterocycles. The van der Waals surface area contributed by atoms with Crippen LogP contribution in [0, 0.1) is 11.8 Å². The molecule has 0 radical (unpaired) electrons. The minimum Gasteiger partial charge on any atom is -0.444 e. The van der Waals surface area contributed by atoms with Crippen LogP contribution in [0.4, 0.5) is 16.2 Å². The number of nitrogens with one attached hydrogen (secondary N) is 1. The Morgan fingerprint density at radius 3 is 2.20 bits per heavy atom. The van der Waals surface area contributed by atoms with Crippen LogP contribution in [-0.2, 0) is 16.0 Å². The number of benzene rings is 2. The normalized spacial score (nSPS) is 21.7. The van der Waals surface area contributed by atoms with Crippen molar-refractivity contribution in [3.8, 4) is 0 Å². The number of amides is 3. The Morgan fingerprint density at radius 1 is 1.00 bits per heavy atom. The molecule has 222 valence electrons. The van der Waals surface area contributed by atoms with Crippen LogP contribution < -0.4 is 15.1 Å². The summed E-state index contributed by atoms with van der Waals surface area (Å²) in [6, 6.07) is 14.4. The van der Waals surface area contributed by atoms with E-state index in [1.165, 1.54) is 11.1 Å². The lowest BCUT2D eigenvalue weighted by Crippen LogP contribution is -2.50. The van der Waals surface area contributed by atoms with Crippen LogP contribution >= 0.6 is 0 Å². The molecule has 2 heterocycles. The van der Waals surface area contributed by atoms with Crippen molar-refractivity contribution in [1.29, 1.82) is 0 Å². The maximum Gasteiger partial charge on any atom is 0.410 e. The molecule has 4 atom stereocenters. The third kappa shape index (κ3) is 6.68. The second-order valence-corrected chi connectivity index (χ2v) is 12.7. The molecule has 0 spiro atoms. The minimum absolute atomic E-state index is 0.0558. The van der Waals surface area contributed by atoms with E-state index in [2.05, 4.69) is 49.2 Å². The fraction of sp³-hybridized carbons (Fsp3) is 0.545. The van der Waals surface area contributed by atoms with Crippen molar-refractivity contribution in [2.75, 3.05) is 43.0 Å². The first-order valence-electron chi connectivity index (χ1n) is 14.8. The Labute approximate surface area is 245 Å². The van der Waals surface area contributed by atoms with Gasteiger partial charge < -0.3 is 24.8 Å². The van der Waals surface area contributed by atoms with Crippen molar-refractivity contribution in [2.24, 2.45) is 11.8 Å². The molecule has 2 aromatic carbocycles. The van der Waals surface area contributed by atoms with E-state index >= 15 is 0 Å². The van der Waals surface area contributed by atoms with Crippen molar-refractivity contribution < 1.29 is 19.1 Å². The molecule has 1 saturated heterocycles. The van der Waals surface area contributed by atoms with Crippen LogP contribution in [0.3, 0.4) is 0 Å². The molecule has 8 nitrogen and oxygen atoms in total. The number of ether oxygens (including phenoxy) is 1. The number of carbonyl (C=O) groups excluding carboxylic acids is 3. The summed E-state index contributed by atoms with van der Waals surface area (Å²) in [7, 11) is 1.64. The summed E-state index contributed by atoms with van der Waals surface area (Å²) in [6.07, 6.45) is 0.605. The summed E-state index contributed by atoms with van der Waals surface area (Å²) in [4.78, 5) is 43.4. The highest BCUT2D eigenvalue weighted by molar-refractivity contribution is 5.94. The summed E-state index contributed by atoms with van der Waals surface area (Å²) in [5.41, 5.74) is 4.64. The van der Waals surface area contributed by atoms with E-state index in [1.54, 1.807) is 18.9 Å². The number of nitrogens with zero attached hydrogens (tertiary/aromatic N) is 3. The van der Waals surface area contributed by atoms with Gasteiger partial charge >= 0.3 is 6.09 Å². The molecule has 2 aliphatic rings. The van der Waals surface area contributed by atoms with E-state index in [0.717, 1.165) is 30.9 Å². The molecule has 0 aliphatic carbocycles. The van der Waals surface area contributed by atoms with Crippen LogP contribution in [0.15, 0.2) is 42.5 Å². The Balaban J connectivity index is 1.59. The molecule has 41 heavy (non-hydrogen) atoms. The topological polar surface area (TPSA) is 82.2 Å². The van der Waals surface area contributed by atoms with Gasteiger partial charge in [0.2, 0.25) is 5.91 Å². The summed E-state index contributed by atoms with van der Waals surface area (Å²) >= 11 is 0. The van der Waals surface area contributed by atoms with Crippen LogP contribution in [0.5, 0.6) is 0 Å². The van der Waals surface area contributed by atoms with Gasteiger partial charge in [-0.15, -0.1) is 0 Å². The van der Waals surface area contributed by atoms with E-state index < -0.39 is 5.60 Å². The van der Waals surface area contributed by atoms with Crippen LogP contribution in [0.1, 0.15) is 75.9 Å². The van der Waals surface area contributed by atoms with Gasteiger partial charge in [0, 0.05) is 63.1 Å². The minimum atomic E-state index is -0.513. The smallest absolute Gasteiger partial charge is 0.410 e. The van der Waals surface area contributed by atoms with Gasteiger partial charge in [-0.05, 0) is 93.3 Å². The van der Waals surface area contributed by atoms with Gasteiger partial charge in [0.1, 0.15) is 5.60 Å². The average molecular weight is 563 g/mol. The van der Waals surface area contributed by atoms with Gasteiger partial charge in [0.15, 0.2) is 0 Å². The highest BCUT2D eigenvalue weighted by Gasteiger charge is 2.40. The van der Waals surface area contributed by atoms with Crippen molar-refractivity contribution in [1.82, 2.24) is 10.2 Å². The van der Waals surface area contributed by atoms with E-state index in [9.17, 15) is 14.4 Å². The number of piperazine rings is 1. The third-order valence-electron chi connectivity index (χ3n) is 8.61. The first kappa shape index (κ1) is 30.4. The highest BCUT2D eigenvalue weighted by Crippen LogP contribution is 2.47. The largest absolute Gasteiger partial charge is 0.444 e. The molecule has 3 amide bonds. The number of hydrogen-bond acceptors (Lipinski definition) is 5. The third-order valence-corrected chi connectivity index (χ3v) is 8.61. The van der Waals surface area contributed by atoms with Crippen LogP contribution in [-0.4, -0.2) is 67.7 Å². The van der Waals surface area contributed by atoms with Gasteiger partial charge in [0.05, 0.1) is 0 Å². The standard InChI is InChI=1S/C33H46N4O4/c1-21(19-25-9-11-26(12-10-25)31(39)34-8)30-22(2)23(3)37(24(4)38)29-14-13-27(20-28(29)30)35-15-17-36(18-16-35)32(40)41-33(5,6)7/h9-14,20-23,30H,15-19H2,1-8H3,(H,34,39). The molecule has 1 fully saturated rings. The Kier molecular flexibility index (Phi) is 9.00. The monoisotopic (exact) mass is 562 g/mol. The molecule has 4 unspecified atom stereocenters. The molecular weight excluding hydrogens is 516 g/mol. The predicted octanol–water partition coefficient (Wildman–Crippen LogP) is 5.46. The zero-order valence-corrected chi connectivity index (χ0v) is 25.9. The molecule has 2 aromatic rings. The average Bonchev–Trinajstić information content (AvgIpc) is 2.92. The van der Waals surface area contributed by atoms with Crippen molar-refractivity contribution in [3.63, 3.8) is 0 Å². The molecule has 1 N–H and O–H groups in total.